The van der Waals surface area contributed by atoms with E-state index in [1.54, 1.807) is 0 Å². The van der Waals surface area contributed by atoms with Gasteiger partial charge in [-0.2, -0.15) is 0 Å². The molecule has 0 aliphatic carbocycles. The van der Waals surface area contributed by atoms with Gasteiger partial charge >= 0.3 is 0 Å². The summed E-state index contributed by atoms with van der Waals surface area (Å²) in [5.74, 6) is 0.933. The van der Waals surface area contributed by atoms with Gasteiger partial charge in [-0.3, -0.25) is 0 Å². The van der Waals surface area contributed by atoms with Crippen LogP contribution in [-0.2, 0) is 6.42 Å². The summed E-state index contributed by atoms with van der Waals surface area (Å²) in [6.07, 6.45) is 7.78. The van der Waals surface area contributed by atoms with Crippen LogP contribution in [0.15, 0.2) is 18.2 Å². The third-order valence-corrected chi connectivity index (χ3v) is 4.66. The molecule has 0 radical (unpaired) electrons. The van der Waals surface area contributed by atoms with Gasteiger partial charge in [0, 0.05) is 24.8 Å². The van der Waals surface area contributed by atoms with Crippen LogP contribution in [0.2, 0.25) is 0 Å². The summed E-state index contributed by atoms with van der Waals surface area (Å²) in [7, 11) is 0. The van der Waals surface area contributed by atoms with Gasteiger partial charge in [0.25, 0.3) is 0 Å². The van der Waals surface area contributed by atoms with Gasteiger partial charge in [0.15, 0.2) is 0 Å². The van der Waals surface area contributed by atoms with Crippen molar-refractivity contribution in [3.05, 3.63) is 29.3 Å². The highest BCUT2D eigenvalue weighted by atomic mass is 15.1. The molecule has 118 valence electrons. The van der Waals surface area contributed by atoms with E-state index in [4.69, 9.17) is 5.73 Å². The summed E-state index contributed by atoms with van der Waals surface area (Å²) in [4.78, 5) is 2.60. The van der Waals surface area contributed by atoms with Crippen LogP contribution in [-0.4, -0.2) is 19.1 Å². The summed E-state index contributed by atoms with van der Waals surface area (Å²) < 4.78 is 0. The Kier molecular flexibility index (Phi) is 6.10. The molecule has 2 nitrogen and oxygen atoms in total. The first-order chi connectivity index (χ1) is 10.1. The predicted molar refractivity (Wildman–Crippen MR) is 93.0 cm³/mol. The molecule has 1 fully saturated rings. The van der Waals surface area contributed by atoms with Crippen molar-refractivity contribution in [2.24, 2.45) is 11.7 Å². The monoisotopic (exact) mass is 288 g/mol. The van der Waals surface area contributed by atoms with Crippen molar-refractivity contribution in [1.29, 1.82) is 0 Å². The van der Waals surface area contributed by atoms with Gasteiger partial charge in [-0.05, 0) is 57.1 Å². The maximum atomic E-state index is 6.05. The largest absolute Gasteiger partial charge is 0.371 e. The first-order valence-electron chi connectivity index (χ1n) is 8.70. The highest BCUT2D eigenvalue weighted by Crippen LogP contribution is 2.29. The lowest BCUT2D eigenvalue weighted by Crippen LogP contribution is -2.27. The quantitative estimate of drug-likeness (QED) is 0.875. The standard InChI is InChI=1S/C19H32N2/c1-4-6-17-7-5-11-21(12-10-17)19-9-8-15(2)13-18(19)14-16(3)20/h8-9,13,16-17H,4-7,10-12,14,20H2,1-3H3. The first-order valence-corrected chi connectivity index (χ1v) is 8.70. The molecule has 0 bridgehead atoms. The van der Waals surface area contributed by atoms with E-state index in [2.05, 4.69) is 43.9 Å². The number of hydrogen-bond donors (Lipinski definition) is 1. The fourth-order valence-corrected chi connectivity index (χ4v) is 3.64. The number of anilines is 1. The highest BCUT2D eigenvalue weighted by Gasteiger charge is 2.18. The van der Waals surface area contributed by atoms with Crippen LogP contribution in [0.25, 0.3) is 0 Å². The molecule has 0 spiro atoms. The van der Waals surface area contributed by atoms with E-state index in [-0.39, 0.29) is 6.04 Å². The minimum atomic E-state index is 0.227. The molecule has 1 aromatic rings. The zero-order chi connectivity index (χ0) is 15.2. The number of aryl methyl sites for hydroxylation is 1. The maximum absolute atomic E-state index is 6.05. The first kappa shape index (κ1) is 16.4. The van der Waals surface area contributed by atoms with E-state index >= 15 is 0 Å². The Morgan fingerprint density at radius 2 is 2.10 bits per heavy atom. The fraction of sp³-hybridized carbons (Fsp3) is 0.684. The Balaban J connectivity index is 2.13. The Bertz CT molecular complexity index is 439. The summed E-state index contributed by atoms with van der Waals surface area (Å²) in [5, 5.41) is 0. The van der Waals surface area contributed by atoms with Crippen LogP contribution in [0.3, 0.4) is 0 Å². The zero-order valence-electron chi connectivity index (χ0n) is 14.1. The molecule has 21 heavy (non-hydrogen) atoms. The SMILES string of the molecule is CCCC1CCCN(c2ccc(C)cc2CC(C)N)CC1. The minimum Gasteiger partial charge on any atom is -0.371 e. The van der Waals surface area contributed by atoms with Gasteiger partial charge in [-0.15, -0.1) is 0 Å². The molecule has 0 aromatic heterocycles. The van der Waals surface area contributed by atoms with Crippen LogP contribution in [0.5, 0.6) is 0 Å². The lowest BCUT2D eigenvalue weighted by Gasteiger charge is -2.26. The van der Waals surface area contributed by atoms with Gasteiger partial charge in [0.1, 0.15) is 0 Å². The lowest BCUT2D eigenvalue weighted by molar-refractivity contribution is 0.435. The normalized spacial score (nSPS) is 21.1. The number of hydrogen-bond acceptors (Lipinski definition) is 2. The van der Waals surface area contributed by atoms with E-state index in [1.807, 2.05) is 0 Å². The molecule has 2 atom stereocenters. The van der Waals surface area contributed by atoms with Crippen molar-refractivity contribution in [2.45, 2.75) is 65.3 Å². The third-order valence-electron chi connectivity index (χ3n) is 4.66. The molecule has 1 saturated heterocycles. The van der Waals surface area contributed by atoms with E-state index in [0.717, 1.165) is 12.3 Å². The number of nitrogens with zero attached hydrogens (tertiary/aromatic N) is 1. The Morgan fingerprint density at radius 1 is 1.29 bits per heavy atom. The van der Waals surface area contributed by atoms with Gasteiger partial charge in [-0.1, -0.05) is 37.5 Å². The minimum absolute atomic E-state index is 0.227. The lowest BCUT2D eigenvalue weighted by atomic mass is 9.96. The van der Waals surface area contributed by atoms with E-state index < -0.39 is 0 Å². The molecule has 1 aliphatic heterocycles. The van der Waals surface area contributed by atoms with E-state index in [0.29, 0.717) is 0 Å². The van der Waals surface area contributed by atoms with E-state index in [1.165, 1.54) is 62.0 Å². The van der Waals surface area contributed by atoms with Crippen LogP contribution in [0.4, 0.5) is 5.69 Å². The fourth-order valence-electron chi connectivity index (χ4n) is 3.64. The highest BCUT2D eigenvalue weighted by molar-refractivity contribution is 5.55. The predicted octanol–water partition coefficient (Wildman–Crippen LogP) is 4.29. The second-order valence-corrected chi connectivity index (χ2v) is 6.89. The molecule has 2 N–H and O–H groups in total. The smallest absolute Gasteiger partial charge is 0.0399 e. The van der Waals surface area contributed by atoms with Crippen molar-refractivity contribution in [2.75, 3.05) is 18.0 Å². The van der Waals surface area contributed by atoms with Crippen molar-refractivity contribution in [3.63, 3.8) is 0 Å². The summed E-state index contributed by atoms with van der Waals surface area (Å²) in [6, 6.07) is 7.11. The Hall–Kier alpha value is -1.02. The zero-order valence-corrected chi connectivity index (χ0v) is 14.1. The molecule has 1 heterocycles. The molecule has 0 amide bonds. The second-order valence-electron chi connectivity index (χ2n) is 6.89. The molecule has 0 saturated carbocycles. The van der Waals surface area contributed by atoms with Gasteiger partial charge in [0.2, 0.25) is 0 Å². The molecule has 2 rings (SSSR count). The van der Waals surface area contributed by atoms with E-state index in [9.17, 15) is 0 Å². The maximum Gasteiger partial charge on any atom is 0.0399 e. The Labute approximate surface area is 130 Å². The average molecular weight is 288 g/mol. The van der Waals surface area contributed by atoms with Crippen molar-refractivity contribution >= 4 is 5.69 Å². The molecule has 1 aliphatic rings. The van der Waals surface area contributed by atoms with Gasteiger partial charge in [-0.25, -0.2) is 0 Å². The summed E-state index contributed by atoms with van der Waals surface area (Å²) in [5.41, 5.74) is 10.2. The third kappa shape index (κ3) is 4.74. The van der Waals surface area contributed by atoms with Crippen molar-refractivity contribution in [1.82, 2.24) is 0 Å². The Morgan fingerprint density at radius 3 is 2.81 bits per heavy atom. The molecule has 1 aromatic carbocycles. The molecular weight excluding hydrogens is 256 g/mol. The van der Waals surface area contributed by atoms with Crippen LogP contribution < -0.4 is 10.6 Å². The van der Waals surface area contributed by atoms with Crippen molar-refractivity contribution < 1.29 is 0 Å². The summed E-state index contributed by atoms with van der Waals surface area (Å²) >= 11 is 0. The second kappa shape index (κ2) is 7.84. The molecule has 2 heteroatoms. The van der Waals surface area contributed by atoms with Gasteiger partial charge in [0.05, 0.1) is 0 Å². The molecular formula is C19H32N2. The average Bonchev–Trinajstić information content (AvgIpc) is 2.64. The van der Waals surface area contributed by atoms with Gasteiger partial charge < -0.3 is 10.6 Å². The number of benzene rings is 1. The van der Waals surface area contributed by atoms with Crippen LogP contribution >= 0.6 is 0 Å². The van der Waals surface area contributed by atoms with Crippen LogP contribution in [0, 0.1) is 12.8 Å². The molecule has 2 unspecified atom stereocenters. The number of rotatable bonds is 5. The topological polar surface area (TPSA) is 29.3 Å². The number of nitrogens with two attached hydrogens (primary N) is 1. The summed E-state index contributed by atoms with van der Waals surface area (Å²) in [6.45, 7) is 9.00. The van der Waals surface area contributed by atoms with Crippen molar-refractivity contribution in [3.8, 4) is 0 Å². The van der Waals surface area contributed by atoms with Crippen LogP contribution in [0.1, 0.15) is 57.1 Å².